The summed E-state index contributed by atoms with van der Waals surface area (Å²) in [5, 5.41) is 13.4. The largest absolute Gasteiger partial charge is 0.388 e. The molecule has 1 saturated carbocycles. The fraction of sp³-hybridized carbons (Fsp3) is 0.654. The molecule has 3 aliphatic heterocycles. The minimum atomic E-state index is -1.06. The van der Waals surface area contributed by atoms with E-state index in [1.165, 1.54) is 4.90 Å². The van der Waals surface area contributed by atoms with E-state index < -0.39 is 23.8 Å². The molecule has 190 valence electrons. The zero-order valence-electron chi connectivity index (χ0n) is 20.6. The van der Waals surface area contributed by atoms with E-state index in [0.717, 1.165) is 44.7 Å². The Morgan fingerprint density at radius 3 is 2.37 bits per heavy atom. The second kappa shape index (κ2) is 9.52. The molecule has 0 aromatic heterocycles. The number of aliphatic hydroxyl groups excluding tert-OH is 1. The molecule has 9 heteroatoms. The molecule has 3 saturated heterocycles. The predicted octanol–water partition coefficient (Wildman–Crippen LogP) is 0.799. The van der Waals surface area contributed by atoms with Crippen LogP contribution in [0.1, 0.15) is 49.9 Å². The van der Waals surface area contributed by atoms with E-state index in [2.05, 4.69) is 29.0 Å². The number of benzene rings is 1. The number of aliphatic hydroxyl groups is 1. The van der Waals surface area contributed by atoms with Crippen molar-refractivity contribution in [3.05, 3.63) is 29.8 Å². The van der Waals surface area contributed by atoms with Gasteiger partial charge in [0, 0.05) is 43.5 Å². The van der Waals surface area contributed by atoms with Crippen LogP contribution in [0, 0.1) is 0 Å². The normalized spacial score (nSPS) is 28.6. The highest BCUT2D eigenvalue weighted by molar-refractivity contribution is 6.01. The standard InChI is InChI=1S/C26H36N4O5/c1-17(2)28-11-13-29(14-12-28)19-7-5-18(6-8-19)24(33)27-26(9-3-4-10-26)25(34)30-15-20(31)23-22(30)21(32)16-35-23/h5-8,17,20,22-23,31H,3-4,9-16H2,1-2H3,(H,27,33)/t20-,22+,23+/m0/s1. The van der Waals surface area contributed by atoms with Crippen LogP contribution in [-0.4, -0.2) is 102 Å². The predicted molar refractivity (Wildman–Crippen MR) is 130 cm³/mol. The number of hydrogen-bond donors (Lipinski definition) is 2. The summed E-state index contributed by atoms with van der Waals surface area (Å²) >= 11 is 0. The van der Waals surface area contributed by atoms with Crippen LogP contribution >= 0.6 is 0 Å². The van der Waals surface area contributed by atoms with Gasteiger partial charge in [-0.15, -0.1) is 0 Å². The quantitative estimate of drug-likeness (QED) is 0.637. The summed E-state index contributed by atoms with van der Waals surface area (Å²) < 4.78 is 5.42. The Labute approximate surface area is 206 Å². The van der Waals surface area contributed by atoms with Gasteiger partial charge in [0.1, 0.15) is 30.4 Å². The van der Waals surface area contributed by atoms with Crippen LogP contribution < -0.4 is 10.2 Å². The van der Waals surface area contributed by atoms with Gasteiger partial charge in [-0.25, -0.2) is 0 Å². The fourth-order valence-electron chi connectivity index (χ4n) is 6.09. The Bertz CT molecular complexity index is 966. The number of amides is 2. The van der Waals surface area contributed by atoms with E-state index in [-0.39, 0.29) is 30.7 Å². The van der Waals surface area contributed by atoms with Gasteiger partial charge < -0.3 is 25.0 Å². The molecule has 4 fully saturated rings. The zero-order chi connectivity index (χ0) is 24.7. The first-order chi connectivity index (χ1) is 16.8. The van der Waals surface area contributed by atoms with Crippen LogP contribution in [0.3, 0.4) is 0 Å². The highest BCUT2D eigenvalue weighted by atomic mass is 16.5. The number of nitrogens with one attached hydrogen (secondary N) is 1. The molecule has 1 aromatic carbocycles. The van der Waals surface area contributed by atoms with Gasteiger partial charge in [-0.05, 0) is 51.0 Å². The van der Waals surface area contributed by atoms with E-state index in [0.29, 0.717) is 24.4 Å². The molecule has 4 aliphatic rings. The van der Waals surface area contributed by atoms with Crippen molar-refractivity contribution in [2.24, 2.45) is 0 Å². The van der Waals surface area contributed by atoms with Crippen LogP contribution in [0.5, 0.6) is 0 Å². The highest BCUT2D eigenvalue weighted by Gasteiger charge is 2.56. The molecule has 3 atom stereocenters. The second-order valence-corrected chi connectivity index (χ2v) is 10.6. The SMILES string of the molecule is CC(C)N1CCN(c2ccc(C(=O)NC3(C(=O)N4C[C@H](O)[C@H]5OCC(=O)[C@H]54)CCCC3)cc2)CC1. The van der Waals surface area contributed by atoms with E-state index in [4.69, 9.17) is 4.74 Å². The van der Waals surface area contributed by atoms with Gasteiger partial charge in [-0.1, -0.05) is 12.8 Å². The summed E-state index contributed by atoms with van der Waals surface area (Å²) in [6.45, 7) is 8.34. The van der Waals surface area contributed by atoms with Gasteiger partial charge in [0.05, 0.1) is 6.54 Å². The maximum Gasteiger partial charge on any atom is 0.252 e. The number of likely N-dealkylation sites (tertiary alicyclic amines) is 1. The zero-order valence-corrected chi connectivity index (χ0v) is 20.6. The minimum absolute atomic E-state index is 0.0519. The minimum Gasteiger partial charge on any atom is -0.388 e. The third kappa shape index (κ3) is 4.45. The Morgan fingerprint density at radius 1 is 1.09 bits per heavy atom. The lowest BCUT2D eigenvalue weighted by atomic mass is 9.93. The topological polar surface area (TPSA) is 102 Å². The van der Waals surface area contributed by atoms with Gasteiger partial charge >= 0.3 is 0 Å². The first-order valence-corrected chi connectivity index (χ1v) is 12.8. The molecule has 5 rings (SSSR count). The lowest BCUT2D eigenvalue weighted by Gasteiger charge is -2.38. The van der Waals surface area contributed by atoms with Gasteiger partial charge in [-0.3, -0.25) is 19.3 Å². The number of carbonyl (C=O) groups is 3. The van der Waals surface area contributed by atoms with Crippen molar-refractivity contribution in [1.29, 1.82) is 0 Å². The number of anilines is 1. The van der Waals surface area contributed by atoms with Crippen molar-refractivity contribution in [3.8, 4) is 0 Å². The van der Waals surface area contributed by atoms with Crippen LogP contribution in [-0.2, 0) is 14.3 Å². The van der Waals surface area contributed by atoms with E-state index in [1.807, 2.05) is 24.3 Å². The maximum absolute atomic E-state index is 13.7. The summed E-state index contributed by atoms with van der Waals surface area (Å²) in [6, 6.07) is 7.36. The van der Waals surface area contributed by atoms with Gasteiger partial charge in [-0.2, -0.15) is 0 Å². The summed E-state index contributed by atoms with van der Waals surface area (Å²) in [7, 11) is 0. The molecule has 0 bridgehead atoms. The fourth-order valence-corrected chi connectivity index (χ4v) is 6.09. The molecular weight excluding hydrogens is 448 g/mol. The smallest absolute Gasteiger partial charge is 0.252 e. The van der Waals surface area contributed by atoms with Gasteiger partial charge in [0.25, 0.3) is 5.91 Å². The third-order valence-electron chi connectivity index (χ3n) is 8.18. The molecule has 2 N–H and O–H groups in total. The van der Waals surface area contributed by atoms with Crippen molar-refractivity contribution in [2.75, 3.05) is 44.2 Å². The van der Waals surface area contributed by atoms with E-state index in [1.54, 1.807) is 0 Å². The maximum atomic E-state index is 13.7. The van der Waals surface area contributed by atoms with Crippen LogP contribution in [0.15, 0.2) is 24.3 Å². The number of piperazine rings is 1. The second-order valence-electron chi connectivity index (χ2n) is 10.6. The monoisotopic (exact) mass is 484 g/mol. The van der Waals surface area contributed by atoms with Crippen molar-refractivity contribution < 1.29 is 24.2 Å². The van der Waals surface area contributed by atoms with Crippen molar-refractivity contribution in [3.63, 3.8) is 0 Å². The molecule has 1 aliphatic carbocycles. The summed E-state index contributed by atoms with van der Waals surface area (Å²) in [5.74, 6) is -0.765. The summed E-state index contributed by atoms with van der Waals surface area (Å²) in [6.07, 6.45) is 1.13. The van der Waals surface area contributed by atoms with Gasteiger partial charge in [0.2, 0.25) is 5.91 Å². The number of fused-ring (bicyclic) bond motifs is 1. The highest BCUT2D eigenvalue weighted by Crippen LogP contribution is 2.36. The number of carbonyl (C=O) groups excluding carboxylic acids is 3. The number of ketones is 1. The van der Waals surface area contributed by atoms with Crippen LogP contribution in [0.2, 0.25) is 0 Å². The number of Topliss-reactive ketones (excluding diaryl/α,β-unsaturated/α-hetero) is 1. The molecule has 0 spiro atoms. The average Bonchev–Trinajstić information content (AvgIpc) is 3.57. The first-order valence-electron chi connectivity index (χ1n) is 12.8. The van der Waals surface area contributed by atoms with Crippen LogP contribution in [0.4, 0.5) is 5.69 Å². The van der Waals surface area contributed by atoms with Crippen molar-refractivity contribution in [1.82, 2.24) is 15.1 Å². The lowest BCUT2D eigenvalue weighted by Crippen LogP contribution is -2.60. The summed E-state index contributed by atoms with van der Waals surface area (Å²) in [4.78, 5) is 45.5. The van der Waals surface area contributed by atoms with Crippen molar-refractivity contribution in [2.45, 2.75) is 69.4 Å². The lowest BCUT2D eigenvalue weighted by molar-refractivity contribution is -0.142. The first kappa shape index (κ1) is 24.2. The number of rotatable bonds is 5. The average molecular weight is 485 g/mol. The van der Waals surface area contributed by atoms with Crippen molar-refractivity contribution >= 4 is 23.3 Å². The third-order valence-corrected chi connectivity index (χ3v) is 8.18. The molecular formula is C26H36N4O5. The molecule has 9 nitrogen and oxygen atoms in total. The van der Waals surface area contributed by atoms with E-state index >= 15 is 0 Å². The molecule has 0 radical (unpaired) electrons. The Morgan fingerprint density at radius 2 is 1.74 bits per heavy atom. The molecule has 35 heavy (non-hydrogen) atoms. The van der Waals surface area contributed by atoms with Gasteiger partial charge in [0.15, 0.2) is 5.78 Å². The Balaban J connectivity index is 1.27. The molecule has 3 heterocycles. The number of β-amino-alcohol motifs (C(OH)–C–C–N with tert-alkyl or cyclic N) is 1. The number of ether oxygens (including phenoxy) is 1. The number of nitrogens with zero attached hydrogens (tertiary/aromatic N) is 3. The van der Waals surface area contributed by atoms with E-state index in [9.17, 15) is 19.5 Å². The Hall–Kier alpha value is -2.49. The Kier molecular flexibility index (Phi) is 6.59. The number of hydrogen-bond acceptors (Lipinski definition) is 7. The molecule has 0 unspecified atom stereocenters. The molecule has 1 aromatic rings. The van der Waals surface area contributed by atoms with Crippen LogP contribution in [0.25, 0.3) is 0 Å². The summed E-state index contributed by atoms with van der Waals surface area (Å²) in [5.41, 5.74) is 0.544. The molecule has 2 amide bonds.